The molecule has 0 bridgehead atoms. The molecule has 0 fully saturated rings. The number of rotatable bonds is 5. The van der Waals surface area contributed by atoms with Crippen LogP contribution in [0.4, 0.5) is 4.39 Å². The molecule has 2 rings (SSSR count). The molecule has 1 heterocycles. The molecule has 0 saturated carbocycles. The van der Waals surface area contributed by atoms with Crippen molar-refractivity contribution in [2.75, 3.05) is 7.05 Å². The highest BCUT2D eigenvalue weighted by Crippen LogP contribution is 2.10. The minimum absolute atomic E-state index is 0.0157. The number of hydrogen-bond acceptors (Lipinski definition) is 4. The van der Waals surface area contributed by atoms with Crippen LogP contribution in [0.15, 0.2) is 47.8 Å². The van der Waals surface area contributed by atoms with Gasteiger partial charge in [-0.25, -0.2) is 4.39 Å². The summed E-state index contributed by atoms with van der Waals surface area (Å²) in [6.45, 7) is 1.37. The van der Waals surface area contributed by atoms with Gasteiger partial charge in [0, 0.05) is 19.3 Å². The first-order valence-electron chi connectivity index (χ1n) is 6.44. The number of nitrogens with zero attached hydrogens (tertiary/aromatic N) is 3. The third kappa shape index (κ3) is 4.25. The maximum atomic E-state index is 12.9. The van der Waals surface area contributed by atoms with E-state index in [1.54, 1.807) is 24.4 Å². The number of benzene rings is 1. The molecule has 0 radical (unpaired) electrons. The number of hydrogen-bond donors (Lipinski definition) is 2. The maximum absolute atomic E-state index is 12.9. The van der Waals surface area contributed by atoms with Gasteiger partial charge in [0.1, 0.15) is 11.5 Å². The second-order valence-corrected chi connectivity index (χ2v) is 4.83. The van der Waals surface area contributed by atoms with Gasteiger partial charge in [0.05, 0.1) is 0 Å². The van der Waals surface area contributed by atoms with Crippen molar-refractivity contribution in [1.29, 1.82) is 0 Å². The molecule has 0 spiro atoms. The SMILES string of the molecule is CN(Cc1ccc(F)cc1)Cc1ccnc(C(N)=NO)c1. The zero-order valence-electron chi connectivity index (χ0n) is 11.7. The lowest BCUT2D eigenvalue weighted by molar-refractivity contribution is 0.317. The molecule has 0 aliphatic carbocycles. The van der Waals surface area contributed by atoms with Crippen LogP contribution in [-0.2, 0) is 13.1 Å². The lowest BCUT2D eigenvalue weighted by atomic mass is 10.2. The van der Waals surface area contributed by atoms with Crippen LogP contribution in [0.25, 0.3) is 0 Å². The van der Waals surface area contributed by atoms with Crippen molar-refractivity contribution in [3.05, 3.63) is 65.2 Å². The van der Waals surface area contributed by atoms with Crippen molar-refractivity contribution in [3.63, 3.8) is 0 Å². The number of amidine groups is 1. The molecule has 0 aliphatic rings. The van der Waals surface area contributed by atoms with Crippen molar-refractivity contribution < 1.29 is 9.60 Å². The Morgan fingerprint density at radius 1 is 1.24 bits per heavy atom. The fraction of sp³-hybridized carbons (Fsp3) is 0.200. The molecular weight excluding hydrogens is 271 g/mol. The van der Waals surface area contributed by atoms with Gasteiger partial charge in [-0.15, -0.1) is 0 Å². The standard InChI is InChI=1S/C15H17FN4O/c1-20(9-11-2-4-13(16)5-3-11)10-12-6-7-18-14(8-12)15(17)19-21/h2-8,21H,9-10H2,1H3,(H2,17,19). The molecule has 0 amide bonds. The van der Waals surface area contributed by atoms with Crippen molar-refractivity contribution >= 4 is 5.84 Å². The predicted octanol–water partition coefficient (Wildman–Crippen LogP) is 1.95. The Bertz CT molecular complexity index is 628. The van der Waals surface area contributed by atoms with Crippen molar-refractivity contribution in [3.8, 4) is 0 Å². The highest BCUT2D eigenvalue weighted by molar-refractivity contribution is 5.95. The number of nitrogens with two attached hydrogens (primary N) is 1. The van der Waals surface area contributed by atoms with Crippen LogP contribution in [0.5, 0.6) is 0 Å². The normalized spacial score (nSPS) is 11.9. The van der Waals surface area contributed by atoms with Crippen molar-refractivity contribution in [2.45, 2.75) is 13.1 Å². The summed E-state index contributed by atoms with van der Waals surface area (Å²) < 4.78 is 12.9. The van der Waals surface area contributed by atoms with E-state index in [1.165, 1.54) is 12.1 Å². The second kappa shape index (κ2) is 6.81. The zero-order valence-corrected chi connectivity index (χ0v) is 11.7. The molecule has 1 aromatic heterocycles. The molecule has 21 heavy (non-hydrogen) atoms. The molecule has 5 nitrogen and oxygen atoms in total. The fourth-order valence-corrected chi connectivity index (χ4v) is 2.03. The highest BCUT2D eigenvalue weighted by Gasteiger charge is 2.06. The molecule has 6 heteroatoms. The summed E-state index contributed by atoms with van der Waals surface area (Å²) in [5.41, 5.74) is 7.98. The molecule has 110 valence electrons. The van der Waals surface area contributed by atoms with Crippen molar-refractivity contribution in [2.24, 2.45) is 10.9 Å². The number of aromatic nitrogens is 1. The smallest absolute Gasteiger partial charge is 0.188 e. The Morgan fingerprint density at radius 3 is 2.57 bits per heavy atom. The molecular formula is C15H17FN4O. The lowest BCUT2D eigenvalue weighted by Crippen LogP contribution is -2.19. The number of halogens is 1. The third-order valence-corrected chi connectivity index (χ3v) is 3.01. The van der Waals surface area contributed by atoms with Crippen LogP contribution in [0.1, 0.15) is 16.8 Å². The number of pyridine rings is 1. The Hall–Kier alpha value is -2.47. The van der Waals surface area contributed by atoms with E-state index < -0.39 is 0 Å². The predicted molar refractivity (Wildman–Crippen MR) is 78.3 cm³/mol. The first-order chi connectivity index (χ1) is 10.1. The van der Waals surface area contributed by atoms with Gasteiger partial charge in [0.25, 0.3) is 0 Å². The lowest BCUT2D eigenvalue weighted by Gasteiger charge is -2.17. The van der Waals surface area contributed by atoms with Crippen LogP contribution in [0, 0.1) is 5.82 Å². The first kappa shape index (κ1) is 14.9. The van der Waals surface area contributed by atoms with Gasteiger partial charge in [-0.2, -0.15) is 0 Å². The van der Waals surface area contributed by atoms with E-state index in [1.807, 2.05) is 13.1 Å². The highest BCUT2D eigenvalue weighted by atomic mass is 19.1. The summed E-state index contributed by atoms with van der Waals surface area (Å²) in [5, 5.41) is 11.6. The van der Waals surface area contributed by atoms with E-state index in [-0.39, 0.29) is 11.7 Å². The summed E-state index contributed by atoms with van der Waals surface area (Å²) in [4.78, 5) is 6.12. The molecule has 0 unspecified atom stereocenters. The summed E-state index contributed by atoms with van der Waals surface area (Å²) in [6.07, 6.45) is 1.62. The molecule has 0 atom stereocenters. The first-order valence-corrected chi connectivity index (χ1v) is 6.44. The summed E-state index contributed by atoms with van der Waals surface area (Å²) in [7, 11) is 1.97. The van der Waals surface area contributed by atoms with Gasteiger partial charge in [-0.05, 0) is 42.4 Å². The summed E-state index contributed by atoms with van der Waals surface area (Å²) in [6, 6.07) is 10.1. The molecule has 1 aromatic carbocycles. The van der Waals surface area contributed by atoms with Crippen molar-refractivity contribution in [1.82, 2.24) is 9.88 Å². The Labute approximate surface area is 122 Å². The Morgan fingerprint density at radius 2 is 1.90 bits per heavy atom. The van der Waals surface area contributed by atoms with Crippen LogP contribution in [0.3, 0.4) is 0 Å². The van der Waals surface area contributed by atoms with Crippen LogP contribution in [-0.4, -0.2) is 28.0 Å². The third-order valence-electron chi connectivity index (χ3n) is 3.01. The minimum atomic E-state index is -0.237. The zero-order chi connectivity index (χ0) is 15.2. The Balaban J connectivity index is 2.02. The van der Waals surface area contributed by atoms with E-state index >= 15 is 0 Å². The number of oxime groups is 1. The average molecular weight is 288 g/mol. The van der Waals surface area contributed by atoms with Gasteiger partial charge in [-0.1, -0.05) is 17.3 Å². The quantitative estimate of drug-likeness (QED) is 0.382. The summed E-state index contributed by atoms with van der Waals surface area (Å²) in [5.74, 6) is -0.253. The largest absolute Gasteiger partial charge is 0.409 e. The topological polar surface area (TPSA) is 74.7 Å². The maximum Gasteiger partial charge on any atom is 0.188 e. The summed E-state index contributed by atoms with van der Waals surface area (Å²) >= 11 is 0. The van der Waals surface area contributed by atoms with Gasteiger partial charge in [0.2, 0.25) is 0 Å². The van der Waals surface area contributed by atoms with Gasteiger partial charge >= 0.3 is 0 Å². The molecule has 2 aromatic rings. The van der Waals surface area contributed by atoms with E-state index in [0.717, 1.165) is 11.1 Å². The van der Waals surface area contributed by atoms with E-state index in [2.05, 4.69) is 15.0 Å². The molecule has 0 aliphatic heterocycles. The van der Waals surface area contributed by atoms with Gasteiger partial charge in [-0.3, -0.25) is 9.88 Å². The average Bonchev–Trinajstić information content (AvgIpc) is 2.49. The molecule has 3 N–H and O–H groups in total. The van der Waals surface area contributed by atoms with Gasteiger partial charge in [0.15, 0.2) is 5.84 Å². The van der Waals surface area contributed by atoms with Gasteiger partial charge < -0.3 is 10.9 Å². The van der Waals surface area contributed by atoms with E-state index in [9.17, 15) is 4.39 Å². The second-order valence-electron chi connectivity index (χ2n) is 4.83. The Kier molecular flexibility index (Phi) is 4.84. The minimum Gasteiger partial charge on any atom is -0.409 e. The van der Waals surface area contributed by atoms with E-state index in [4.69, 9.17) is 10.9 Å². The van der Waals surface area contributed by atoms with E-state index in [0.29, 0.717) is 18.8 Å². The molecule has 0 saturated heterocycles. The monoisotopic (exact) mass is 288 g/mol. The van der Waals surface area contributed by atoms with Crippen LogP contribution in [0.2, 0.25) is 0 Å². The fourth-order valence-electron chi connectivity index (χ4n) is 2.03. The van der Waals surface area contributed by atoms with Crippen LogP contribution < -0.4 is 5.73 Å². The van der Waals surface area contributed by atoms with Crippen LogP contribution >= 0.6 is 0 Å².